The van der Waals surface area contributed by atoms with E-state index in [1.807, 2.05) is 50.2 Å². The first-order chi connectivity index (χ1) is 14.3. The highest BCUT2D eigenvalue weighted by molar-refractivity contribution is 7.13. The number of nitrogens with zero attached hydrogens (tertiary/aromatic N) is 2. The Morgan fingerprint density at radius 3 is 2.33 bits per heavy atom. The fourth-order valence-corrected chi connectivity index (χ4v) is 3.50. The van der Waals surface area contributed by atoms with Gasteiger partial charge in [0.25, 0.3) is 5.91 Å². The van der Waals surface area contributed by atoms with Gasteiger partial charge in [-0.25, -0.2) is 4.98 Å². The largest absolute Gasteiger partial charge is 0.491 e. The van der Waals surface area contributed by atoms with Gasteiger partial charge >= 0.3 is 0 Å². The molecule has 0 aliphatic rings. The predicted molar refractivity (Wildman–Crippen MR) is 120 cm³/mol. The Morgan fingerprint density at radius 1 is 1.07 bits per heavy atom. The molecule has 3 rings (SSSR count). The molecule has 0 aliphatic heterocycles. The third-order valence-corrected chi connectivity index (χ3v) is 5.17. The molecule has 1 heterocycles. The molecule has 0 aliphatic carbocycles. The summed E-state index contributed by atoms with van der Waals surface area (Å²) in [5, 5.41) is 5.36. The van der Waals surface area contributed by atoms with Gasteiger partial charge in [-0.2, -0.15) is 0 Å². The summed E-state index contributed by atoms with van der Waals surface area (Å²) in [5.41, 5.74) is 2.85. The zero-order chi connectivity index (χ0) is 21.7. The minimum Gasteiger partial charge on any atom is -0.491 e. The second kappa shape index (κ2) is 9.54. The number of carbonyl (C=O) groups excluding carboxylic acids is 2. The summed E-state index contributed by atoms with van der Waals surface area (Å²) < 4.78 is 5.65. The summed E-state index contributed by atoms with van der Waals surface area (Å²) in [6.07, 6.45) is 0.450. The normalized spacial score (nSPS) is 10.7. The third-order valence-electron chi connectivity index (χ3n) is 4.28. The van der Waals surface area contributed by atoms with Crippen molar-refractivity contribution < 1.29 is 14.3 Å². The van der Waals surface area contributed by atoms with Crippen LogP contribution >= 0.6 is 11.3 Å². The van der Waals surface area contributed by atoms with E-state index in [4.69, 9.17) is 4.74 Å². The molecule has 156 valence electrons. The van der Waals surface area contributed by atoms with E-state index in [9.17, 15) is 9.59 Å². The molecule has 30 heavy (non-hydrogen) atoms. The van der Waals surface area contributed by atoms with Gasteiger partial charge in [0.15, 0.2) is 0 Å². The standard InChI is InChI=1S/C23H25N3O3S/c1-15(2)29-19-11-7-17(8-12-19)23-25-20(14-30-23)22(28)24-18-9-5-16(6-10-18)13-21(27)26(3)4/h5-12,14-15H,13H2,1-4H3,(H,24,28). The van der Waals surface area contributed by atoms with Crippen LogP contribution in [0.2, 0.25) is 0 Å². The number of anilines is 1. The van der Waals surface area contributed by atoms with Crippen LogP contribution in [0.15, 0.2) is 53.9 Å². The van der Waals surface area contributed by atoms with Crippen molar-refractivity contribution in [3.63, 3.8) is 0 Å². The summed E-state index contributed by atoms with van der Waals surface area (Å²) in [6, 6.07) is 14.9. The second-order valence-electron chi connectivity index (χ2n) is 7.34. The Bertz CT molecular complexity index is 1010. The number of hydrogen-bond acceptors (Lipinski definition) is 5. The van der Waals surface area contributed by atoms with E-state index < -0.39 is 0 Å². The third kappa shape index (κ3) is 5.67. The average molecular weight is 424 g/mol. The van der Waals surface area contributed by atoms with Crippen molar-refractivity contribution in [2.75, 3.05) is 19.4 Å². The predicted octanol–water partition coefficient (Wildman–Crippen LogP) is 4.48. The maximum absolute atomic E-state index is 12.5. The molecule has 0 radical (unpaired) electrons. The maximum atomic E-state index is 12.5. The van der Waals surface area contributed by atoms with Crippen LogP contribution in [0.25, 0.3) is 10.6 Å². The highest BCUT2D eigenvalue weighted by atomic mass is 32.1. The zero-order valence-corrected chi connectivity index (χ0v) is 18.3. The Morgan fingerprint density at radius 2 is 1.73 bits per heavy atom. The van der Waals surface area contributed by atoms with Crippen molar-refractivity contribution in [2.45, 2.75) is 26.4 Å². The number of benzene rings is 2. The van der Waals surface area contributed by atoms with Crippen molar-refractivity contribution in [3.8, 4) is 16.3 Å². The highest BCUT2D eigenvalue weighted by Gasteiger charge is 2.13. The number of aromatic nitrogens is 1. The number of rotatable bonds is 7. The Kier molecular flexibility index (Phi) is 6.84. The molecule has 2 amide bonds. The molecule has 1 N–H and O–H groups in total. The van der Waals surface area contributed by atoms with Crippen LogP contribution < -0.4 is 10.1 Å². The fraction of sp³-hybridized carbons (Fsp3) is 0.261. The van der Waals surface area contributed by atoms with Crippen molar-refractivity contribution in [1.29, 1.82) is 0 Å². The lowest BCUT2D eigenvalue weighted by Gasteiger charge is -2.10. The number of nitrogens with one attached hydrogen (secondary N) is 1. The Hall–Kier alpha value is -3.19. The monoisotopic (exact) mass is 423 g/mol. The van der Waals surface area contributed by atoms with Crippen LogP contribution in [0.3, 0.4) is 0 Å². The number of hydrogen-bond donors (Lipinski definition) is 1. The van der Waals surface area contributed by atoms with E-state index in [0.717, 1.165) is 21.9 Å². The quantitative estimate of drug-likeness (QED) is 0.608. The average Bonchev–Trinajstić information content (AvgIpc) is 3.20. The summed E-state index contributed by atoms with van der Waals surface area (Å²) in [6.45, 7) is 3.97. The molecular formula is C23H25N3O3S. The van der Waals surface area contributed by atoms with E-state index in [-0.39, 0.29) is 17.9 Å². The molecular weight excluding hydrogens is 398 g/mol. The molecule has 3 aromatic rings. The first-order valence-corrected chi connectivity index (χ1v) is 10.5. The second-order valence-corrected chi connectivity index (χ2v) is 8.20. The van der Waals surface area contributed by atoms with Gasteiger partial charge in [0, 0.05) is 30.7 Å². The van der Waals surface area contributed by atoms with Crippen molar-refractivity contribution in [3.05, 3.63) is 65.2 Å². The van der Waals surface area contributed by atoms with Crippen LogP contribution in [0.4, 0.5) is 5.69 Å². The van der Waals surface area contributed by atoms with E-state index in [0.29, 0.717) is 17.8 Å². The Balaban J connectivity index is 1.63. The van der Waals surface area contributed by atoms with Gasteiger partial charge < -0.3 is 15.0 Å². The molecule has 0 bridgehead atoms. The Labute approximate surface area is 180 Å². The van der Waals surface area contributed by atoms with Crippen molar-refractivity contribution >= 4 is 28.8 Å². The lowest BCUT2D eigenvalue weighted by molar-refractivity contribution is -0.127. The van der Waals surface area contributed by atoms with Crippen LogP contribution in [0.5, 0.6) is 5.75 Å². The molecule has 0 fully saturated rings. The number of amides is 2. The molecule has 2 aromatic carbocycles. The van der Waals surface area contributed by atoms with Gasteiger partial charge in [-0.1, -0.05) is 12.1 Å². The molecule has 0 saturated heterocycles. The topological polar surface area (TPSA) is 71.5 Å². The molecule has 0 atom stereocenters. The lowest BCUT2D eigenvalue weighted by atomic mass is 10.1. The lowest BCUT2D eigenvalue weighted by Crippen LogP contribution is -2.23. The molecule has 7 heteroatoms. The van der Waals surface area contributed by atoms with Gasteiger partial charge in [-0.3, -0.25) is 9.59 Å². The molecule has 1 aromatic heterocycles. The maximum Gasteiger partial charge on any atom is 0.275 e. The van der Waals surface area contributed by atoms with Crippen LogP contribution in [-0.4, -0.2) is 41.9 Å². The molecule has 6 nitrogen and oxygen atoms in total. The highest BCUT2D eigenvalue weighted by Crippen LogP contribution is 2.26. The smallest absolute Gasteiger partial charge is 0.275 e. The summed E-state index contributed by atoms with van der Waals surface area (Å²) >= 11 is 1.42. The first kappa shape index (κ1) is 21.5. The minimum atomic E-state index is -0.269. The van der Waals surface area contributed by atoms with Gasteiger partial charge in [-0.15, -0.1) is 11.3 Å². The van der Waals surface area contributed by atoms with Gasteiger partial charge in [0.1, 0.15) is 16.5 Å². The SMILES string of the molecule is CC(C)Oc1ccc(-c2nc(C(=O)Nc3ccc(CC(=O)N(C)C)cc3)cs2)cc1. The van der Waals surface area contributed by atoms with Gasteiger partial charge in [0.2, 0.25) is 5.91 Å². The summed E-state index contributed by atoms with van der Waals surface area (Å²) in [5.74, 6) is 0.568. The number of carbonyl (C=O) groups is 2. The molecule has 0 unspecified atom stereocenters. The number of likely N-dealkylation sites (N-methyl/N-ethyl adjacent to an activating group) is 1. The van der Waals surface area contributed by atoms with Crippen LogP contribution in [-0.2, 0) is 11.2 Å². The minimum absolute atomic E-state index is 0.0330. The van der Waals surface area contributed by atoms with Crippen molar-refractivity contribution in [1.82, 2.24) is 9.88 Å². The van der Waals surface area contributed by atoms with Crippen LogP contribution in [0.1, 0.15) is 29.9 Å². The first-order valence-electron chi connectivity index (χ1n) is 9.65. The summed E-state index contributed by atoms with van der Waals surface area (Å²) in [4.78, 5) is 30.3. The fourth-order valence-electron chi connectivity index (χ4n) is 2.69. The van der Waals surface area contributed by atoms with Crippen LogP contribution in [0, 0.1) is 0 Å². The molecule has 0 saturated carbocycles. The van der Waals surface area contributed by atoms with E-state index in [2.05, 4.69) is 10.3 Å². The van der Waals surface area contributed by atoms with E-state index in [1.54, 1.807) is 36.5 Å². The number of ether oxygens (including phenoxy) is 1. The van der Waals surface area contributed by atoms with E-state index in [1.165, 1.54) is 11.3 Å². The van der Waals surface area contributed by atoms with Gasteiger partial charge in [-0.05, 0) is 55.8 Å². The number of thiazole rings is 1. The summed E-state index contributed by atoms with van der Waals surface area (Å²) in [7, 11) is 3.46. The van der Waals surface area contributed by atoms with Crippen molar-refractivity contribution in [2.24, 2.45) is 0 Å². The van der Waals surface area contributed by atoms with E-state index >= 15 is 0 Å². The molecule has 0 spiro atoms. The van der Waals surface area contributed by atoms with Gasteiger partial charge in [0.05, 0.1) is 12.5 Å². The zero-order valence-electron chi connectivity index (χ0n) is 17.5.